The Bertz CT molecular complexity index is 810. The lowest BCUT2D eigenvalue weighted by Gasteiger charge is -2.11. The van der Waals surface area contributed by atoms with Crippen molar-refractivity contribution in [2.75, 3.05) is 7.11 Å². The lowest BCUT2D eigenvalue weighted by atomic mass is 10.2. The highest BCUT2D eigenvalue weighted by Gasteiger charge is 2.33. The number of methoxy groups -OCH3 is 1. The maximum atomic E-state index is 13.9. The van der Waals surface area contributed by atoms with Gasteiger partial charge >= 0.3 is 11.9 Å². The van der Waals surface area contributed by atoms with Crippen LogP contribution in [-0.4, -0.2) is 16.7 Å². The van der Waals surface area contributed by atoms with E-state index in [4.69, 9.17) is 16.3 Å². The molecular weight excluding hydrogens is 332 g/mol. The van der Waals surface area contributed by atoms with E-state index in [2.05, 4.69) is 0 Å². The van der Waals surface area contributed by atoms with Crippen LogP contribution in [0.2, 0.25) is 5.02 Å². The van der Waals surface area contributed by atoms with Gasteiger partial charge in [-0.05, 0) is 6.07 Å². The molecule has 1 aromatic heterocycles. The van der Waals surface area contributed by atoms with Crippen LogP contribution in [0.1, 0.15) is 5.69 Å². The largest absolute Gasteiger partial charge is 0.495 e. The Morgan fingerprint density at radius 3 is 2.36 bits per heavy atom. The van der Waals surface area contributed by atoms with Gasteiger partial charge in [-0.25, -0.2) is 13.8 Å². The van der Waals surface area contributed by atoms with Crippen molar-refractivity contribution < 1.29 is 22.3 Å². The second-order valence-electron chi connectivity index (χ2n) is 4.10. The van der Waals surface area contributed by atoms with Crippen LogP contribution in [-0.2, 0) is 6.18 Å². The molecule has 0 aliphatic rings. The van der Waals surface area contributed by atoms with Crippen LogP contribution < -0.4 is 16.0 Å². The molecule has 0 bridgehead atoms. The van der Waals surface area contributed by atoms with Gasteiger partial charge in [-0.3, -0.25) is 4.79 Å². The van der Waals surface area contributed by atoms with Crippen molar-refractivity contribution >= 4 is 11.6 Å². The molecule has 0 spiro atoms. The SMILES string of the molecule is COc1cc(-n2c(=O)cc(C(F)(F)F)[nH]c2=O)c(F)cc1Cl. The fourth-order valence-corrected chi connectivity index (χ4v) is 1.95. The maximum Gasteiger partial charge on any atom is 0.431 e. The summed E-state index contributed by atoms with van der Waals surface area (Å²) in [6, 6.07) is 1.86. The highest BCUT2D eigenvalue weighted by atomic mass is 35.5. The van der Waals surface area contributed by atoms with Gasteiger partial charge in [0.05, 0.1) is 17.8 Å². The molecule has 0 aliphatic heterocycles. The van der Waals surface area contributed by atoms with Crippen molar-refractivity contribution in [2.24, 2.45) is 0 Å². The summed E-state index contributed by atoms with van der Waals surface area (Å²) in [7, 11) is 1.21. The first kappa shape index (κ1) is 16.1. The van der Waals surface area contributed by atoms with Gasteiger partial charge in [0.25, 0.3) is 5.56 Å². The van der Waals surface area contributed by atoms with Crippen molar-refractivity contribution in [2.45, 2.75) is 6.18 Å². The minimum atomic E-state index is -4.91. The average Bonchev–Trinajstić information content (AvgIpc) is 2.39. The summed E-state index contributed by atoms with van der Waals surface area (Å²) < 4.78 is 56.4. The highest BCUT2D eigenvalue weighted by Crippen LogP contribution is 2.29. The first-order valence-corrected chi connectivity index (χ1v) is 6.00. The standard InChI is InChI=1S/C12H7ClF4N2O3/c1-22-8-3-7(6(14)2-5(8)13)19-10(20)4-9(12(15,16)17)18-11(19)21/h2-4H,1H3,(H,18,21). The minimum Gasteiger partial charge on any atom is -0.495 e. The lowest BCUT2D eigenvalue weighted by Crippen LogP contribution is -2.36. The fraction of sp³-hybridized carbons (Fsp3) is 0.167. The number of aromatic nitrogens is 2. The topological polar surface area (TPSA) is 64.1 Å². The van der Waals surface area contributed by atoms with Crippen molar-refractivity contribution in [1.29, 1.82) is 0 Å². The van der Waals surface area contributed by atoms with Gasteiger partial charge in [0.2, 0.25) is 0 Å². The van der Waals surface area contributed by atoms with E-state index in [1.807, 2.05) is 0 Å². The molecule has 0 radical (unpaired) electrons. The number of nitrogens with one attached hydrogen (secondary N) is 1. The summed E-state index contributed by atoms with van der Waals surface area (Å²) in [6.45, 7) is 0. The van der Waals surface area contributed by atoms with Crippen LogP contribution >= 0.6 is 11.6 Å². The summed E-state index contributed by atoms with van der Waals surface area (Å²) in [5.41, 5.74) is -4.90. The summed E-state index contributed by atoms with van der Waals surface area (Å²) in [5.74, 6) is -1.12. The molecule has 118 valence electrons. The van der Waals surface area contributed by atoms with E-state index in [-0.39, 0.29) is 21.4 Å². The summed E-state index contributed by atoms with van der Waals surface area (Å²) in [4.78, 5) is 24.9. The van der Waals surface area contributed by atoms with Gasteiger partial charge < -0.3 is 9.72 Å². The number of H-pyrrole nitrogens is 1. The maximum absolute atomic E-state index is 13.9. The average molecular weight is 339 g/mol. The Labute approximate surface area is 124 Å². The third-order valence-corrected chi connectivity index (χ3v) is 3.00. The number of ether oxygens (including phenoxy) is 1. The van der Waals surface area contributed by atoms with E-state index >= 15 is 0 Å². The molecule has 1 N–H and O–H groups in total. The molecule has 0 aliphatic carbocycles. The van der Waals surface area contributed by atoms with E-state index in [1.54, 1.807) is 0 Å². The Morgan fingerprint density at radius 1 is 1.23 bits per heavy atom. The van der Waals surface area contributed by atoms with Crippen LogP contribution in [0, 0.1) is 5.82 Å². The molecule has 2 rings (SSSR count). The Balaban J connectivity index is 2.75. The second kappa shape index (κ2) is 5.48. The van der Waals surface area contributed by atoms with Gasteiger partial charge in [-0.15, -0.1) is 0 Å². The normalized spacial score (nSPS) is 11.5. The highest BCUT2D eigenvalue weighted by molar-refractivity contribution is 6.32. The molecule has 1 aromatic carbocycles. The molecule has 2 aromatic rings. The van der Waals surface area contributed by atoms with Crippen LogP contribution in [0.4, 0.5) is 17.6 Å². The number of hydrogen-bond acceptors (Lipinski definition) is 3. The monoisotopic (exact) mass is 338 g/mol. The van der Waals surface area contributed by atoms with Gasteiger partial charge in [0.15, 0.2) is 0 Å². The smallest absolute Gasteiger partial charge is 0.431 e. The molecule has 0 unspecified atom stereocenters. The van der Waals surface area contributed by atoms with E-state index < -0.39 is 34.6 Å². The number of halogens is 5. The molecule has 0 atom stereocenters. The zero-order valence-electron chi connectivity index (χ0n) is 10.8. The summed E-state index contributed by atoms with van der Waals surface area (Å²) in [5, 5.41) is -0.125. The molecule has 0 amide bonds. The van der Waals surface area contributed by atoms with Crippen LogP contribution in [0.15, 0.2) is 27.8 Å². The molecule has 10 heteroatoms. The van der Waals surface area contributed by atoms with Crippen LogP contribution in [0.5, 0.6) is 5.75 Å². The Hall–Kier alpha value is -2.29. The van der Waals surface area contributed by atoms with Crippen LogP contribution in [0.3, 0.4) is 0 Å². The van der Waals surface area contributed by atoms with Crippen molar-refractivity contribution in [3.8, 4) is 11.4 Å². The number of hydrogen-bond donors (Lipinski definition) is 1. The van der Waals surface area contributed by atoms with E-state index in [1.165, 1.54) is 12.1 Å². The number of aromatic amines is 1. The number of alkyl halides is 3. The molecule has 0 saturated heterocycles. The summed E-state index contributed by atoms with van der Waals surface area (Å²) in [6.07, 6.45) is -4.91. The first-order chi connectivity index (χ1) is 10.1. The minimum absolute atomic E-state index is 0.0516. The van der Waals surface area contributed by atoms with E-state index in [0.717, 1.165) is 12.1 Å². The van der Waals surface area contributed by atoms with Crippen molar-refractivity contribution in [3.05, 3.63) is 55.6 Å². The zero-order chi connectivity index (χ0) is 16.7. The molecule has 22 heavy (non-hydrogen) atoms. The Kier molecular flexibility index (Phi) is 4.01. The number of nitrogens with zero attached hydrogens (tertiary/aromatic N) is 1. The van der Waals surface area contributed by atoms with Gasteiger partial charge in [0, 0.05) is 12.1 Å². The zero-order valence-corrected chi connectivity index (χ0v) is 11.5. The van der Waals surface area contributed by atoms with Gasteiger partial charge in [-0.2, -0.15) is 13.2 Å². The number of rotatable bonds is 2. The van der Waals surface area contributed by atoms with Gasteiger partial charge in [0.1, 0.15) is 17.3 Å². The third-order valence-electron chi connectivity index (χ3n) is 2.70. The molecule has 1 heterocycles. The molecule has 0 saturated carbocycles. The quantitative estimate of drug-likeness (QED) is 0.855. The fourth-order valence-electron chi connectivity index (χ4n) is 1.72. The first-order valence-electron chi connectivity index (χ1n) is 5.62. The van der Waals surface area contributed by atoms with Crippen LogP contribution in [0.25, 0.3) is 5.69 Å². The Morgan fingerprint density at radius 2 is 1.86 bits per heavy atom. The lowest BCUT2D eigenvalue weighted by molar-refractivity contribution is -0.141. The molecular formula is C12H7ClF4N2O3. The van der Waals surface area contributed by atoms with E-state index in [0.29, 0.717) is 0 Å². The summed E-state index contributed by atoms with van der Waals surface area (Å²) >= 11 is 5.67. The predicted octanol–water partition coefficient (Wildman–Crippen LogP) is 2.35. The third kappa shape index (κ3) is 2.84. The van der Waals surface area contributed by atoms with Crippen molar-refractivity contribution in [3.63, 3.8) is 0 Å². The second-order valence-corrected chi connectivity index (χ2v) is 4.50. The molecule has 5 nitrogen and oxygen atoms in total. The molecule has 0 fully saturated rings. The van der Waals surface area contributed by atoms with Gasteiger partial charge in [-0.1, -0.05) is 11.6 Å². The number of benzene rings is 1. The predicted molar refractivity (Wildman–Crippen MR) is 69.2 cm³/mol. The van der Waals surface area contributed by atoms with E-state index in [9.17, 15) is 27.2 Å². The van der Waals surface area contributed by atoms with Crippen molar-refractivity contribution in [1.82, 2.24) is 9.55 Å².